The number of alkyl halides is 3. The predicted octanol–water partition coefficient (Wildman–Crippen LogP) is 1.36. The maximum absolute atomic E-state index is 12.9. The fourth-order valence-corrected chi connectivity index (χ4v) is 2.27. The summed E-state index contributed by atoms with van der Waals surface area (Å²) in [5.74, 6) is 0. The quantitative estimate of drug-likeness (QED) is 0.730. The van der Waals surface area contributed by atoms with Crippen LogP contribution in [0.15, 0.2) is 18.2 Å². The van der Waals surface area contributed by atoms with Gasteiger partial charge in [-0.1, -0.05) is 0 Å². The third-order valence-corrected chi connectivity index (χ3v) is 3.40. The Morgan fingerprint density at radius 1 is 1.33 bits per heavy atom. The molecular formula is C13H14F3N3O2. The van der Waals surface area contributed by atoms with Gasteiger partial charge in [-0.25, -0.2) is 0 Å². The molecule has 114 valence electrons. The van der Waals surface area contributed by atoms with Crippen LogP contribution >= 0.6 is 0 Å². The molecule has 0 aromatic heterocycles. The molecule has 8 heteroatoms. The minimum absolute atomic E-state index is 0.0283. The third kappa shape index (κ3) is 2.68. The maximum atomic E-state index is 12.9. The molecule has 3 N–H and O–H groups in total. The smallest absolute Gasteiger partial charge is 0.372 e. The van der Waals surface area contributed by atoms with Gasteiger partial charge in [0.2, 0.25) is 0 Å². The number of hydrogen-bond acceptors (Lipinski definition) is 5. The van der Waals surface area contributed by atoms with Crippen molar-refractivity contribution in [3.63, 3.8) is 0 Å². The second-order valence-electron chi connectivity index (χ2n) is 5.36. The van der Waals surface area contributed by atoms with Gasteiger partial charge < -0.3 is 15.1 Å². The first-order chi connectivity index (χ1) is 9.58. The molecular weight excluding hydrogens is 287 g/mol. The van der Waals surface area contributed by atoms with Crippen molar-refractivity contribution >= 4 is 5.69 Å². The summed E-state index contributed by atoms with van der Waals surface area (Å²) in [5.41, 5.74) is -2.54. The van der Waals surface area contributed by atoms with Gasteiger partial charge >= 0.3 is 6.18 Å². The molecule has 0 bridgehead atoms. The fraction of sp³-hybridized carbons (Fsp3) is 0.462. The highest BCUT2D eigenvalue weighted by Gasteiger charge is 2.45. The van der Waals surface area contributed by atoms with Crippen molar-refractivity contribution in [2.24, 2.45) is 0 Å². The highest BCUT2D eigenvalue weighted by molar-refractivity contribution is 5.56. The topological polar surface area (TPSA) is 79.5 Å². The number of aliphatic hydroxyl groups is 2. The van der Waals surface area contributed by atoms with E-state index in [0.29, 0.717) is 0 Å². The lowest BCUT2D eigenvalue weighted by molar-refractivity contribution is -0.137. The van der Waals surface area contributed by atoms with Gasteiger partial charge in [0.05, 0.1) is 22.7 Å². The molecule has 1 aliphatic heterocycles. The summed E-state index contributed by atoms with van der Waals surface area (Å²) in [4.78, 5) is 1.02. The Balaban J connectivity index is 2.50. The first-order valence-electron chi connectivity index (χ1n) is 6.11. The molecule has 0 amide bonds. The minimum Gasteiger partial charge on any atom is -0.372 e. The normalized spacial score (nSPS) is 25.0. The van der Waals surface area contributed by atoms with E-state index in [4.69, 9.17) is 5.26 Å². The van der Waals surface area contributed by atoms with Crippen molar-refractivity contribution in [1.29, 1.82) is 5.26 Å². The molecule has 2 unspecified atom stereocenters. The molecule has 2 atom stereocenters. The van der Waals surface area contributed by atoms with E-state index < -0.39 is 35.4 Å². The molecule has 1 fully saturated rings. The zero-order valence-electron chi connectivity index (χ0n) is 11.3. The average molecular weight is 301 g/mol. The molecule has 21 heavy (non-hydrogen) atoms. The Kier molecular flexibility index (Phi) is 3.61. The second-order valence-corrected chi connectivity index (χ2v) is 5.36. The number of rotatable bonds is 1. The van der Waals surface area contributed by atoms with Crippen molar-refractivity contribution in [2.75, 3.05) is 4.90 Å². The van der Waals surface area contributed by atoms with Crippen molar-refractivity contribution < 1.29 is 23.4 Å². The highest BCUT2D eigenvalue weighted by atomic mass is 19.4. The Bertz CT molecular complexity index is 595. The molecule has 2 rings (SSSR count). The first kappa shape index (κ1) is 15.6. The minimum atomic E-state index is -4.69. The molecule has 0 saturated carbocycles. The molecule has 0 radical (unpaired) electrons. The van der Waals surface area contributed by atoms with Gasteiger partial charge in [-0.15, -0.1) is 0 Å². The zero-order valence-corrected chi connectivity index (χ0v) is 11.3. The van der Waals surface area contributed by atoms with Gasteiger partial charge in [0.15, 0.2) is 6.35 Å². The van der Waals surface area contributed by atoms with Gasteiger partial charge in [-0.05, 0) is 32.0 Å². The first-order valence-corrected chi connectivity index (χ1v) is 6.11. The van der Waals surface area contributed by atoms with Gasteiger partial charge in [-0.2, -0.15) is 18.4 Å². The third-order valence-electron chi connectivity index (χ3n) is 3.40. The van der Waals surface area contributed by atoms with E-state index in [1.807, 2.05) is 0 Å². The van der Waals surface area contributed by atoms with Crippen molar-refractivity contribution in [3.05, 3.63) is 29.3 Å². The Labute approximate surface area is 119 Å². The van der Waals surface area contributed by atoms with Crippen molar-refractivity contribution in [1.82, 2.24) is 5.32 Å². The number of anilines is 1. The number of benzene rings is 1. The molecule has 1 heterocycles. The molecule has 0 spiro atoms. The van der Waals surface area contributed by atoms with Crippen molar-refractivity contribution in [2.45, 2.75) is 38.1 Å². The lowest BCUT2D eigenvalue weighted by atomic mass is 10.0. The maximum Gasteiger partial charge on any atom is 0.417 e. The SMILES string of the molecule is CC1(C)NC(O)N(c2ccc(C#N)c(C(F)(F)F)c2)C1O. The number of nitrogens with one attached hydrogen (secondary N) is 1. The second kappa shape index (κ2) is 4.87. The van der Waals surface area contributed by atoms with Crippen LogP contribution in [0, 0.1) is 11.3 Å². The molecule has 1 saturated heterocycles. The average Bonchev–Trinajstić information content (AvgIpc) is 2.56. The molecule has 1 aliphatic rings. The van der Waals surface area contributed by atoms with E-state index in [2.05, 4.69) is 5.32 Å². The van der Waals surface area contributed by atoms with E-state index in [-0.39, 0.29) is 5.69 Å². The Morgan fingerprint density at radius 2 is 1.95 bits per heavy atom. The van der Waals surface area contributed by atoms with Crippen LogP contribution in [0.2, 0.25) is 0 Å². The van der Waals surface area contributed by atoms with Crippen LogP contribution in [0.1, 0.15) is 25.0 Å². The Morgan fingerprint density at radius 3 is 2.38 bits per heavy atom. The summed E-state index contributed by atoms with van der Waals surface area (Å²) >= 11 is 0. The van der Waals surface area contributed by atoms with Crippen LogP contribution in [0.4, 0.5) is 18.9 Å². The van der Waals surface area contributed by atoms with E-state index >= 15 is 0 Å². The zero-order chi connectivity index (χ0) is 16.0. The van der Waals surface area contributed by atoms with Crippen LogP contribution in [0.5, 0.6) is 0 Å². The highest BCUT2D eigenvalue weighted by Crippen LogP contribution is 2.36. The van der Waals surface area contributed by atoms with Crippen LogP contribution in [-0.4, -0.2) is 28.3 Å². The van der Waals surface area contributed by atoms with E-state index in [1.165, 1.54) is 12.1 Å². The van der Waals surface area contributed by atoms with Crippen LogP contribution in [-0.2, 0) is 6.18 Å². The number of aliphatic hydroxyl groups excluding tert-OH is 2. The largest absolute Gasteiger partial charge is 0.417 e. The lowest BCUT2D eigenvalue weighted by Gasteiger charge is -2.29. The molecule has 0 aliphatic carbocycles. The standard InChI is InChI=1S/C13H14F3N3O2/c1-12(2)10(20)19(11(21)18-12)8-4-3-7(6-17)9(5-8)13(14,15)16/h3-5,10-11,18,20-21H,1-2H3. The van der Waals surface area contributed by atoms with Gasteiger partial charge in [-0.3, -0.25) is 5.32 Å². The van der Waals surface area contributed by atoms with Crippen LogP contribution in [0.3, 0.4) is 0 Å². The number of halogens is 3. The molecule has 1 aromatic rings. The summed E-state index contributed by atoms with van der Waals surface area (Å²) in [6, 6.07) is 4.49. The number of hydrogen-bond donors (Lipinski definition) is 3. The summed E-state index contributed by atoms with van der Waals surface area (Å²) in [6.07, 6.45) is -7.25. The summed E-state index contributed by atoms with van der Waals surface area (Å²) in [7, 11) is 0. The summed E-state index contributed by atoms with van der Waals surface area (Å²) in [6.45, 7) is 3.21. The van der Waals surface area contributed by atoms with Crippen LogP contribution in [0.25, 0.3) is 0 Å². The monoisotopic (exact) mass is 301 g/mol. The van der Waals surface area contributed by atoms with Gasteiger partial charge in [0.25, 0.3) is 0 Å². The fourth-order valence-electron chi connectivity index (χ4n) is 2.27. The van der Waals surface area contributed by atoms with Crippen molar-refractivity contribution in [3.8, 4) is 6.07 Å². The van der Waals surface area contributed by atoms with Gasteiger partial charge in [0, 0.05) is 5.69 Å². The predicted molar refractivity (Wildman–Crippen MR) is 67.9 cm³/mol. The lowest BCUT2D eigenvalue weighted by Crippen LogP contribution is -2.44. The van der Waals surface area contributed by atoms with Gasteiger partial charge in [0.1, 0.15) is 6.23 Å². The van der Waals surface area contributed by atoms with E-state index in [1.54, 1.807) is 13.8 Å². The van der Waals surface area contributed by atoms with E-state index in [9.17, 15) is 23.4 Å². The Hall–Kier alpha value is -1.82. The number of nitriles is 1. The molecule has 5 nitrogen and oxygen atoms in total. The summed E-state index contributed by atoms with van der Waals surface area (Å²) in [5, 5.41) is 31.4. The van der Waals surface area contributed by atoms with Crippen LogP contribution < -0.4 is 10.2 Å². The number of nitrogens with zero attached hydrogens (tertiary/aromatic N) is 2. The molecule has 1 aromatic carbocycles. The van der Waals surface area contributed by atoms with E-state index in [0.717, 1.165) is 17.0 Å². The summed E-state index contributed by atoms with van der Waals surface area (Å²) < 4.78 is 38.8.